The summed E-state index contributed by atoms with van der Waals surface area (Å²) in [6.07, 6.45) is 7.68. The summed E-state index contributed by atoms with van der Waals surface area (Å²) in [5, 5.41) is 0. The molecule has 0 N–H and O–H groups in total. The van der Waals surface area contributed by atoms with Crippen molar-refractivity contribution in [3.05, 3.63) is 0 Å². The number of hydrogen-bond donors (Lipinski definition) is 0. The molecule has 0 aliphatic heterocycles. The van der Waals surface area contributed by atoms with Crippen LogP contribution in [0.4, 0.5) is 0 Å². The molecular weight excluding hydrogens is 376 g/mol. The highest BCUT2D eigenvalue weighted by Crippen LogP contribution is 2.68. The number of ether oxygens (including phenoxy) is 1. The van der Waals surface area contributed by atoms with E-state index in [9.17, 15) is 14.4 Å². The highest BCUT2D eigenvalue weighted by molar-refractivity contribution is 5.88. The van der Waals surface area contributed by atoms with Crippen molar-refractivity contribution < 1.29 is 19.1 Å². The van der Waals surface area contributed by atoms with Gasteiger partial charge in [-0.15, -0.1) is 0 Å². The number of ketones is 2. The minimum Gasteiger partial charge on any atom is -0.466 e. The molecule has 0 amide bonds. The van der Waals surface area contributed by atoms with Crippen LogP contribution in [0.15, 0.2) is 0 Å². The largest absolute Gasteiger partial charge is 0.466 e. The molecule has 0 heterocycles. The molecule has 0 aromatic carbocycles. The number of esters is 1. The number of carbonyl (C=O) groups is 3. The number of fused-ring (bicyclic) bond motifs is 5. The first-order valence-electron chi connectivity index (χ1n) is 12.3. The van der Waals surface area contributed by atoms with E-state index in [0.29, 0.717) is 54.7 Å². The van der Waals surface area contributed by atoms with Crippen LogP contribution in [0.5, 0.6) is 0 Å². The van der Waals surface area contributed by atoms with Crippen LogP contribution in [0.3, 0.4) is 0 Å². The number of rotatable bonds is 4. The lowest BCUT2D eigenvalue weighted by molar-refractivity contribution is -0.170. The summed E-state index contributed by atoms with van der Waals surface area (Å²) in [7, 11) is 0. The van der Waals surface area contributed by atoms with E-state index in [1.807, 2.05) is 0 Å². The van der Waals surface area contributed by atoms with Gasteiger partial charge in [0.15, 0.2) is 0 Å². The summed E-state index contributed by atoms with van der Waals surface area (Å²) >= 11 is 0. The first kappa shape index (κ1) is 22.0. The predicted octanol–water partition coefficient (Wildman–Crippen LogP) is 5.23. The van der Waals surface area contributed by atoms with Crippen LogP contribution in [0, 0.1) is 52.3 Å². The fourth-order valence-corrected chi connectivity index (χ4v) is 8.78. The van der Waals surface area contributed by atoms with Crippen molar-refractivity contribution in [3.8, 4) is 0 Å². The number of carbonyl (C=O) groups excluding carboxylic acids is 3. The molecule has 0 spiro atoms. The Morgan fingerprint density at radius 1 is 1.07 bits per heavy atom. The van der Waals surface area contributed by atoms with Gasteiger partial charge in [0.25, 0.3) is 0 Å². The molecule has 4 nitrogen and oxygen atoms in total. The van der Waals surface area contributed by atoms with Crippen LogP contribution >= 0.6 is 0 Å². The van der Waals surface area contributed by atoms with Crippen LogP contribution in [0.2, 0.25) is 0 Å². The lowest BCUT2D eigenvalue weighted by Gasteiger charge is -2.61. The molecular formula is C26H40O4. The SMILES string of the molecule is CC[C@@H]1C(=O)C2C(CC[C@@]3(C)C2CC[C@@H]3[C@H](C)COC(C)=O)[C@@]2(C)CCC(=O)CC12. The van der Waals surface area contributed by atoms with E-state index >= 15 is 0 Å². The van der Waals surface area contributed by atoms with E-state index in [1.54, 1.807) is 0 Å². The van der Waals surface area contributed by atoms with E-state index in [1.165, 1.54) is 6.92 Å². The van der Waals surface area contributed by atoms with Gasteiger partial charge in [-0.25, -0.2) is 0 Å². The van der Waals surface area contributed by atoms with Gasteiger partial charge >= 0.3 is 5.97 Å². The molecule has 9 atom stereocenters. The topological polar surface area (TPSA) is 60.4 Å². The van der Waals surface area contributed by atoms with Gasteiger partial charge in [0, 0.05) is 31.6 Å². The summed E-state index contributed by atoms with van der Waals surface area (Å²) in [6, 6.07) is 0. The number of Topliss-reactive ketones (excluding diaryl/α,β-unsaturated/α-hetero) is 2. The van der Waals surface area contributed by atoms with Crippen molar-refractivity contribution in [2.75, 3.05) is 6.61 Å². The molecule has 0 aromatic heterocycles. The highest BCUT2D eigenvalue weighted by atomic mass is 16.5. The van der Waals surface area contributed by atoms with Gasteiger partial charge in [-0.2, -0.15) is 0 Å². The molecule has 168 valence electrons. The second-order valence-electron chi connectivity index (χ2n) is 11.5. The van der Waals surface area contributed by atoms with Crippen molar-refractivity contribution >= 4 is 17.5 Å². The van der Waals surface area contributed by atoms with Gasteiger partial charge in [0.05, 0.1) is 6.61 Å². The third-order valence-corrected chi connectivity index (χ3v) is 10.3. The molecule has 4 heteroatoms. The van der Waals surface area contributed by atoms with E-state index in [0.717, 1.165) is 38.5 Å². The van der Waals surface area contributed by atoms with E-state index in [4.69, 9.17) is 4.74 Å². The maximum Gasteiger partial charge on any atom is 0.302 e. The zero-order chi connectivity index (χ0) is 21.8. The van der Waals surface area contributed by atoms with E-state index in [2.05, 4.69) is 27.7 Å². The summed E-state index contributed by atoms with van der Waals surface area (Å²) < 4.78 is 5.36. The summed E-state index contributed by atoms with van der Waals surface area (Å²) in [5.74, 6) is 2.82. The van der Waals surface area contributed by atoms with Gasteiger partial charge in [0.1, 0.15) is 11.6 Å². The van der Waals surface area contributed by atoms with Crippen LogP contribution in [0.25, 0.3) is 0 Å². The van der Waals surface area contributed by atoms with Gasteiger partial charge in [-0.05, 0) is 78.9 Å². The Morgan fingerprint density at radius 2 is 1.77 bits per heavy atom. The Kier molecular flexibility index (Phi) is 5.68. The molecule has 0 aromatic rings. The Hall–Kier alpha value is -1.19. The van der Waals surface area contributed by atoms with Gasteiger partial charge < -0.3 is 4.74 Å². The second-order valence-corrected chi connectivity index (χ2v) is 11.5. The lowest BCUT2D eigenvalue weighted by Crippen LogP contribution is -2.60. The maximum atomic E-state index is 13.9. The average molecular weight is 417 g/mol. The molecule has 4 aliphatic rings. The quantitative estimate of drug-likeness (QED) is 0.589. The molecule has 0 saturated heterocycles. The summed E-state index contributed by atoms with van der Waals surface area (Å²) in [4.78, 5) is 37.5. The van der Waals surface area contributed by atoms with Crippen LogP contribution in [-0.4, -0.2) is 24.1 Å². The Balaban J connectivity index is 1.63. The first-order chi connectivity index (χ1) is 14.1. The van der Waals surface area contributed by atoms with E-state index < -0.39 is 0 Å². The van der Waals surface area contributed by atoms with Crippen molar-refractivity contribution in [1.29, 1.82) is 0 Å². The fourth-order valence-electron chi connectivity index (χ4n) is 8.78. The third kappa shape index (κ3) is 3.19. The summed E-state index contributed by atoms with van der Waals surface area (Å²) in [5.41, 5.74) is 0.290. The second kappa shape index (κ2) is 7.74. The Labute approximate surface area is 181 Å². The monoisotopic (exact) mass is 416 g/mol. The molecule has 4 rings (SSSR count). The van der Waals surface area contributed by atoms with Crippen LogP contribution in [-0.2, 0) is 19.1 Å². The Bertz CT molecular complexity index is 729. The lowest BCUT2D eigenvalue weighted by atomic mass is 9.42. The minimum absolute atomic E-state index is 0.0559. The molecule has 0 bridgehead atoms. The molecule has 4 aliphatic carbocycles. The van der Waals surface area contributed by atoms with Crippen LogP contribution in [0.1, 0.15) is 86.0 Å². The third-order valence-electron chi connectivity index (χ3n) is 10.3. The summed E-state index contributed by atoms with van der Waals surface area (Å²) in [6.45, 7) is 11.2. The van der Waals surface area contributed by atoms with E-state index in [-0.39, 0.29) is 34.6 Å². The standard InChI is InChI=1S/C26H40O4/c1-6-18-22-13-17(28)9-11-26(22,5)21-10-12-25(4)19(15(2)14-30-16(3)27)7-8-20(25)23(21)24(18)29/h15,18-23H,6-14H2,1-5H3/t15-,18+,19-,20?,21?,22?,23?,25-,26-/m1/s1. The van der Waals surface area contributed by atoms with Gasteiger partial charge in [-0.1, -0.05) is 27.7 Å². The van der Waals surface area contributed by atoms with Crippen molar-refractivity contribution in [2.24, 2.45) is 52.3 Å². The van der Waals surface area contributed by atoms with Crippen molar-refractivity contribution in [1.82, 2.24) is 0 Å². The molecule has 30 heavy (non-hydrogen) atoms. The van der Waals surface area contributed by atoms with Crippen LogP contribution < -0.4 is 0 Å². The van der Waals surface area contributed by atoms with Gasteiger partial charge in [-0.3, -0.25) is 14.4 Å². The molecule has 4 saturated carbocycles. The minimum atomic E-state index is -0.204. The first-order valence-corrected chi connectivity index (χ1v) is 12.3. The maximum absolute atomic E-state index is 13.9. The highest BCUT2D eigenvalue weighted by Gasteiger charge is 2.65. The molecule has 0 radical (unpaired) electrons. The smallest absolute Gasteiger partial charge is 0.302 e. The average Bonchev–Trinajstić information content (AvgIpc) is 3.05. The predicted molar refractivity (Wildman–Crippen MR) is 116 cm³/mol. The van der Waals surface area contributed by atoms with Gasteiger partial charge in [0.2, 0.25) is 0 Å². The molecule has 4 fully saturated rings. The zero-order valence-electron chi connectivity index (χ0n) is 19.5. The number of hydrogen-bond acceptors (Lipinski definition) is 4. The normalized spacial score (nSPS) is 46.6. The van der Waals surface area contributed by atoms with Crippen molar-refractivity contribution in [2.45, 2.75) is 86.0 Å². The molecule has 4 unspecified atom stereocenters. The zero-order valence-corrected chi connectivity index (χ0v) is 19.5. The fraction of sp³-hybridized carbons (Fsp3) is 0.885. The Morgan fingerprint density at radius 3 is 2.43 bits per heavy atom. The van der Waals surface area contributed by atoms with Crippen molar-refractivity contribution in [3.63, 3.8) is 0 Å².